The fraction of sp³-hybridized carbons (Fsp3) is 0.333. The van der Waals surface area contributed by atoms with Crippen LogP contribution >= 0.6 is 0 Å². The lowest BCUT2D eigenvalue weighted by molar-refractivity contribution is -0.126. The first-order chi connectivity index (χ1) is 12.7. The van der Waals surface area contributed by atoms with Gasteiger partial charge in [-0.15, -0.1) is 0 Å². The van der Waals surface area contributed by atoms with Crippen molar-refractivity contribution in [1.82, 2.24) is 10.6 Å². The van der Waals surface area contributed by atoms with Crippen molar-refractivity contribution < 1.29 is 14.3 Å². The van der Waals surface area contributed by atoms with E-state index in [1.54, 1.807) is 0 Å². The molecule has 1 aliphatic carbocycles. The van der Waals surface area contributed by atoms with Crippen molar-refractivity contribution in [2.24, 2.45) is 5.92 Å². The average molecular weight is 352 g/mol. The predicted octanol–water partition coefficient (Wildman–Crippen LogP) is 2.55. The summed E-state index contributed by atoms with van der Waals surface area (Å²) in [5, 5.41) is 5.52. The van der Waals surface area contributed by atoms with Crippen LogP contribution in [-0.2, 0) is 34.1 Å². The smallest absolute Gasteiger partial charge is 0.239 e. The zero-order valence-corrected chi connectivity index (χ0v) is 14.7. The van der Waals surface area contributed by atoms with E-state index >= 15 is 0 Å². The largest absolute Gasteiger partial charge is 0.372 e. The molecule has 2 N–H and O–H groups in total. The monoisotopic (exact) mass is 352 g/mol. The number of carbonyl (C=O) groups excluding carboxylic acids is 2. The van der Waals surface area contributed by atoms with Crippen LogP contribution in [0.25, 0.3) is 0 Å². The summed E-state index contributed by atoms with van der Waals surface area (Å²) in [6.07, 6.45) is 1.87. The van der Waals surface area contributed by atoms with Gasteiger partial charge in [0, 0.05) is 12.5 Å². The number of benzene rings is 2. The van der Waals surface area contributed by atoms with Crippen LogP contribution in [-0.4, -0.2) is 18.4 Å². The summed E-state index contributed by atoms with van der Waals surface area (Å²) in [6, 6.07) is 17.9. The predicted molar refractivity (Wildman–Crippen MR) is 99.0 cm³/mol. The van der Waals surface area contributed by atoms with Gasteiger partial charge in [-0.3, -0.25) is 9.59 Å². The second-order valence-electron chi connectivity index (χ2n) is 6.52. The van der Waals surface area contributed by atoms with Crippen LogP contribution in [0.5, 0.6) is 0 Å². The molecule has 0 radical (unpaired) electrons. The number of hydrogen-bond donors (Lipinski definition) is 2. The first kappa shape index (κ1) is 18.1. The standard InChI is InChI=1S/C21H24N2O3/c24-20(13-23-21(25)17-10-11-17)22-12-18-8-4-5-9-19(18)15-26-14-16-6-2-1-3-7-16/h1-9,17H,10-15H2,(H,22,24)(H,23,25). The molecule has 136 valence electrons. The van der Waals surface area contributed by atoms with E-state index in [1.165, 1.54) is 0 Å². The minimum Gasteiger partial charge on any atom is -0.372 e. The van der Waals surface area contributed by atoms with Gasteiger partial charge in [0.1, 0.15) is 0 Å². The van der Waals surface area contributed by atoms with Crippen LogP contribution in [0, 0.1) is 5.92 Å². The molecule has 0 bridgehead atoms. The topological polar surface area (TPSA) is 67.4 Å². The molecule has 0 saturated heterocycles. The van der Waals surface area contributed by atoms with Crippen molar-refractivity contribution in [3.05, 3.63) is 71.3 Å². The van der Waals surface area contributed by atoms with Gasteiger partial charge in [-0.1, -0.05) is 54.6 Å². The Morgan fingerprint density at radius 3 is 2.31 bits per heavy atom. The average Bonchev–Trinajstić information content (AvgIpc) is 3.51. The Morgan fingerprint density at radius 1 is 0.885 bits per heavy atom. The number of amides is 2. The summed E-state index contributed by atoms with van der Waals surface area (Å²) in [4.78, 5) is 23.5. The van der Waals surface area contributed by atoms with Gasteiger partial charge in [0.05, 0.1) is 19.8 Å². The van der Waals surface area contributed by atoms with Gasteiger partial charge in [0.2, 0.25) is 11.8 Å². The number of ether oxygens (including phenoxy) is 1. The first-order valence-electron chi connectivity index (χ1n) is 8.95. The van der Waals surface area contributed by atoms with Crippen molar-refractivity contribution in [3.63, 3.8) is 0 Å². The van der Waals surface area contributed by atoms with Crippen LogP contribution in [0.1, 0.15) is 29.5 Å². The molecule has 0 heterocycles. The number of hydrogen-bond acceptors (Lipinski definition) is 3. The third kappa shape index (κ3) is 5.70. The molecule has 0 atom stereocenters. The van der Waals surface area contributed by atoms with Crippen LogP contribution in [0.2, 0.25) is 0 Å². The molecule has 1 aliphatic rings. The van der Waals surface area contributed by atoms with E-state index in [2.05, 4.69) is 10.6 Å². The zero-order chi connectivity index (χ0) is 18.2. The van der Waals surface area contributed by atoms with Gasteiger partial charge < -0.3 is 15.4 Å². The molecule has 5 heteroatoms. The minimum atomic E-state index is -0.181. The van der Waals surface area contributed by atoms with Crippen LogP contribution in [0.3, 0.4) is 0 Å². The second kappa shape index (κ2) is 9.15. The summed E-state index contributed by atoms with van der Waals surface area (Å²) >= 11 is 0. The molecule has 26 heavy (non-hydrogen) atoms. The van der Waals surface area contributed by atoms with Gasteiger partial charge in [-0.25, -0.2) is 0 Å². The molecule has 0 aliphatic heterocycles. The maximum absolute atomic E-state index is 11.9. The maximum atomic E-state index is 11.9. The van der Waals surface area contributed by atoms with Crippen LogP contribution in [0.15, 0.2) is 54.6 Å². The summed E-state index contributed by atoms with van der Waals surface area (Å²) in [5.74, 6) is -0.0841. The minimum absolute atomic E-state index is 0.0186. The Hall–Kier alpha value is -2.66. The summed E-state index contributed by atoms with van der Waals surface area (Å²) < 4.78 is 5.80. The van der Waals surface area contributed by atoms with Crippen molar-refractivity contribution in [3.8, 4) is 0 Å². The van der Waals surface area contributed by atoms with E-state index in [0.29, 0.717) is 19.8 Å². The highest BCUT2D eigenvalue weighted by molar-refractivity contribution is 5.86. The molecule has 0 unspecified atom stereocenters. The van der Waals surface area contributed by atoms with E-state index in [1.807, 2.05) is 54.6 Å². The fourth-order valence-corrected chi connectivity index (χ4v) is 2.64. The third-order valence-electron chi connectivity index (χ3n) is 4.33. The lowest BCUT2D eigenvalue weighted by Gasteiger charge is -2.12. The molecule has 1 saturated carbocycles. The molecule has 1 fully saturated rings. The van der Waals surface area contributed by atoms with E-state index in [9.17, 15) is 9.59 Å². The molecule has 5 nitrogen and oxygen atoms in total. The van der Waals surface area contributed by atoms with Crippen molar-refractivity contribution in [2.45, 2.75) is 32.6 Å². The Labute approximate surface area is 153 Å². The lowest BCUT2D eigenvalue weighted by atomic mass is 10.1. The summed E-state index contributed by atoms with van der Waals surface area (Å²) in [5.41, 5.74) is 3.19. The van der Waals surface area contributed by atoms with E-state index in [4.69, 9.17) is 4.74 Å². The highest BCUT2D eigenvalue weighted by Crippen LogP contribution is 2.28. The van der Waals surface area contributed by atoms with Gasteiger partial charge in [-0.2, -0.15) is 0 Å². The fourth-order valence-electron chi connectivity index (χ4n) is 2.64. The summed E-state index contributed by atoms with van der Waals surface area (Å²) in [7, 11) is 0. The number of nitrogens with one attached hydrogen (secondary N) is 2. The first-order valence-corrected chi connectivity index (χ1v) is 8.95. The van der Waals surface area contributed by atoms with Crippen LogP contribution < -0.4 is 10.6 Å². The van der Waals surface area contributed by atoms with Crippen molar-refractivity contribution in [1.29, 1.82) is 0 Å². The maximum Gasteiger partial charge on any atom is 0.239 e. The normalized spacial score (nSPS) is 13.2. The molecule has 2 aromatic carbocycles. The Kier molecular flexibility index (Phi) is 6.39. The lowest BCUT2D eigenvalue weighted by Crippen LogP contribution is -2.37. The number of carbonyl (C=O) groups is 2. The third-order valence-corrected chi connectivity index (χ3v) is 4.33. The molecular weight excluding hydrogens is 328 g/mol. The molecule has 2 aromatic rings. The molecule has 0 spiro atoms. The Balaban J connectivity index is 1.44. The second-order valence-corrected chi connectivity index (χ2v) is 6.52. The molecular formula is C21H24N2O3. The van der Waals surface area contributed by atoms with E-state index in [0.717, 1.165) is 29.5 Å². The van der Waals surface area contributed by atoms with Crippen LogP contribution in [0.4, 0.5) is 0 Å². The van der Waals surface area contributed by atoms with Gasteiger partial charge >= 0.3 is 0 Å². The van der Waals surface area contributed by atoms with Crippen molar-refractivity contribution in [2.75, 3.05) is 6.54 Å². The van der Waals surface area contributed by atoms with E-state index < -0.39 is 0 Å². The van der Waals surface area contributed by atoms with Crippen molar-refractivity contribution >= 4 is 11.8 Å². The Bertz CT molecular complexity index is 742. The van der Waals surface area contributed by atoms with Gasteiger partial charge in [0.15, 0.2) is 0 Å². The SMILES string of the molecule is O=C(CNC(=O)C1CC1)NCc1ccccc1COCc1ccccc1. The zero-order valence-electron chi connectivity index (χ0n) is 14.7. The molecule has 2 amide bonds. The van der Waals surface area contributed by atoms with Gasteiger partial charge in [0.25, 0.3) is 0 Å². The Morgan fingerprint density at radius 2 is 1.58 bits per heavy atom. The molecule has 0 aromatic heterocycles. The summed E-state index contributed by atoms with van der Waals surface area (Å²) in [6.45, 7) is 1.49. The molecule has 3 rings (SSSR count). The quantitative estimate of drug-likeness (QED) is 0.729. The number of rotatable bonds is 9. The van der Waals surface area contributed by atoms with E-state index in [-0.39, 0.29) is 24.3 Å². The van der Waals surface area contributed by atoms with Gasteiger partial charge in [-0.05, 0) is 29.5 Å². The highest BCUT2D eigenvalue weighted by atomic mass is 16.5. The highest BCUT2D eigenvalue weighted by Gasteiger charge is 2.29.